The summed E-state index contributed by atoms with van der Waals surface area (Å²) in [7, 11) is 2.89. The minimum absolute atomic E-state index is 0. The molecule has 8 heteroatoms. The first-order valence-electron chi connectivity index (χ1n) is 11.3. The first-order chi connectivity index (χ1) is 16.4. The number of rotatable bonds is 11. The molecule has 0 saturated carbocycles. The fourth-order valence-corrected chi connectivity index (χ4v) is 3.70. The standard InChI is InChI=1S/C27H31NO6.ClH/c1-6-28(7-2)16-17-33-23-15-13-21-18(3)25(27(30)32-5)34-26(21)24(23)22(29)14-10-19-8-11-20(31-4)12-9-19;/h8-15H,6-7,16-17H2,1-5H3;1H/b14-10+;. The van der Waals surface area contributed by atoms with Gasteiger partial charge in [-0.25, -0.2) is 4.79 Å². The zero-order chi connectivity index (χ0) is 24.7. The molecule has 35 heavy (non-hydrogen) atoms. The number of hydrogen-bond donors (Lipinski definition) is 0. The van der Waals surface area contributed by atoms with E-state index in [9.17, 15) is 9.59 Å². The van der Waals surface area contributed by atoms with Crippen LogP contribution >= 0.6 is 12.4 Å². The Morgan fingerprint density at radius 2 is 1.71 bits per heavy atom. The van der Waals surface area contributed by atoms with E-state index in [1.54, 1.807) is 32.2 Å². The number of ether oxygens (including phenoxy) is 3. The lowest BCUT2D eigenvalue weighted by Gasteiger charge is -2.18. The predicted molar refractivity (Wildman–Crippen MR) is 139 cm³/mol. The van der Waals surface area contributed by atoms with E-state index in [-0.39, 0.29) is 29.5 Å². The monoisotopic (exact) mass is 501 g/mol. The van der Waals surface area contributed by atoms with Gasteiger partial charge in [0.2, 0.25) is 5.76 Å². The average Bonchev–Trinajstić information content (AvgIpc) is 3.21. The van der Waals surface area contributed by atoms with Crippen LogP contribution in [0.3, 0.4) is 0 Å². The highest BCUT2D eigenvalue weighted by molar-refractivity contribution is 6.16. The van der Waals surface area contributed by atoms with Gasteiger partial charge in [-0.1, -0.05) is 32.1 Å². The van der Waals surface area contributed by atoms with Gasteiger partial charge in [-0.3, -0.25) is 4.79 Å². The Morgan fingerprint density at radius 1 is 1.03 bits per heavy atom. The Morgan fingerprint density at radius 3 is 2.31 bits per heavy atom. The van der Waals surface area contributed by atoms with Crippen molar-refractivity contribution in [1.29, 1.82) is 0 Å². The second-order valence-corrected chi connectivity index (χ2v) is 7.71. The third-order valence-corrected chi connectivity index (χ3v) is 5.79. The lowest BCUT2D eigenvalue weighted by molar-refractivity contribution is 0.0566. The Labute approximate surface area is 212 Å². The normalized spacial score (nSPS) is 11.0. The van der Waals surface area contributed by atoms with Crippen LogP contribution in [0.2, 0.25) is 0 Å². The van der Waals surface area contributed by atoms with Crippen LogP contribution in [0.5, 0.6) is 11.5 Å². The average molecular weight is 502 g/mol. The molecule has 0 aliphatic rings. The Kier molecular flexibility index (Phi) is 10.4. The molecule has 3 rings (SSSR count). The fourth-order valence-electron chi connectivity index (χ4n) is 3.70. The Hall–Kier alpha value is -3.29. The maximum Gasteiger partial charge on any atom is 0.374 e. The van der Waals surface area contributed by atoms with Gasteiger partial charge in [-0.05, 0) is 55.9 Å². The van der Waals surface area contributed by atoms with Crippen molar-refractivity contribution in [3.8, 4) is 11.5 Å². The number of nitrogens with zero attached hydrogens (tertiary/aromatic N) is 1. The van der Waals surface area contributed by atoms with E-state index >= 15 is 0 Å². The van der Waals surface area contributed by atoms with Gasteiger partial charge in [0, 0.05) is 17.5 Å². The van der Waals surface area contributed by atoms with Crippen LogP contribution in [-0.4, -0.2) is 57.1 Å². The van der Waals surface area contributed by atoms with Gasteiger partial charge < -0.3 is 23.5 Å². The molecule has 3 aromatic rings. The summed E-state index contributed by atoms with van der Waals surface area (Å²) in [5.74, 6) is 0.341. The van der Waals surface area contributed by atoms with Gasteiger partial charge in [0.1, 0.15) is 29.3 Å². The van der Waals surface area contributed by atoms with Crippen LogP contribution in [0.1, 0.15) is 45.9 Å². The van der Waals surface area contributed by atoms with Crippen molar-refractivity contribution < 1.29 is 28.2 Å². The van der Waals surface area contributed by atoms with Crippen molar-refractivity contribution in [3.63, 3.8) is 0 Å². The molecule has 1 aromatic heterocycles. The number of esters is 1. The molecule has 0 bridgehead atoms. The molecule has 0 aliphatic heterocycles. The lowest BCUT2D eigenvalue weighted by atomic mass is 10.0. The van der Waals surface area contributed by atoms with Crippen molar-refractivity contribution in [2.24, 2.45) is 0 Å². The van der Waals surface area contributed by atoms with Crippen LogP contribution in [0.25, 0.3) is 17.0 Å². The van der Waals surface area contributed by atoms with E-state index in [1.807, 2.05) is 24.3 Å². The summed E-state index contributed by atoms with van der Waals surface area (Å²) in [5.41, 5.74) is 2.05. The summed E-state index contributed by atoms with van der Waals surface area (Å²) in [6, 6.07) is 10.9. The molecule has 0 unspecified atom stereocenters. The van der Waals surface area contributed by atoms with Crippen LogP contribution in [0, 0.1) is 6.92 Å². The number of likely N-dealkylation sites (N-methyl/N-ethyl adjacent to an activating group) is 1. The third-order valence-electron chi connectivity index (χ3n) is 5.79. The summed E-state index contributed by atoms with van der Waals surface area (Å²) in [5, 5.41) is 0.665. The smallest absolute Gasteiger partial charge is 0.374 e. The number of allylic oxidation sites excluding steroid dienone is 1. The molecular formula is C27H32ClNO6. The maximum absolute atomic E-state index is 13.4. The van der Waals surface area contributed by atoms with Gasteiger partial charge in [-0.2, -0.15) is 0 Å². The first-order valence-corrected chi connectivity index (χ1v) is 11.3. The molecular weight excluding hydrogens is 470 g/mol. The highest BCUT2D eigenvalue weighted by Crippen LogP contribution is 2.34. The second kappa shape index (κ2) is 13.0. The Bertz CT molecular complexity index is 1180. The molecule has 0 aliphatic carbocycles. The quantitative estimate of drug-likeness (QED) is 0.193. The van der Waals surface area contributed by atoms with Crippen molar-refractivity contribution >= 4 is 41.2 Å². The lowest BCUT2D eigenvalue weighted by Crippen LogP contribution is -2.28. The zero-order valence-corrected chi connectivity index (χ0v) is 21.6. The molecule has 2 aromatic carbocycles. The van der Waals surface area contributed by atoms with Gasteiger partial charge in [0.15, 0.2) is 5.78 Å². The number of furan rings is 1. The van der Waals surface area contributed by atoms with E-state index < -0.39 is 5.97 Å². The summed E-state index contributed by atoms with van der Waals surface area (Å²) in [4.78, 5) is 27.8. The molecule has 0 fully saturated rings. The van der Waals surface area contributed by atoms with E-state index in [0.29, 0.717) is 28.9 Å². The molecule has 0 saturated heterocycles. The van der Waals surface area contributed by atoms with Gasteiger partial charge in [0.05, 0.1) is 14.2 Å². The van der Waals surface area contributed by atoms with E-state index in [1.165, 1.54) is 13.2 Å². The van der Waals surface area contributed by atoms with E-state index in [4.69, 9.17) is 18.6 Å². The summed E-state index contributed by atoms with van der Waals surface area (Å²) in [6.45, 7) is 8.91. The zero-order valence-electron chi connectivity index (χ0n) is 20.8. The predicted octanol–water partition coefficient (Wildman–Crippen LogP) is 5.57. The second-order valence-electron chi connectivity index (χ2n) is 7.71. The molecule has 7 nitrogen and oxygen atoms in total. The van der Waals surface area contributed by atoms with Crippen LogP contribution in [0.4, 0.5) is 0 Å². The molecule has 188 valence electrons. The van der Waals surface area contributed by atoms with Crippen LogP contribution < -0.4 is 9.47 Å². The summed E-state index contributed by atoms with van der Waals surface area (Å²) >= 11 is 0. The fraction of sp³-hybridized carbons (Fsp3) is 0.333. The third kappa shape index (κ3) is 6.44. The summed E-state index contributed by atoms with van der Waals surface area (Å²) in [6.07, 6.45) is 3.20. The SMILES string of the molecule is CCN(CC)CCOc1ccc2c(C)c(C(=O)OC)oc2c1C(=O)/C=C/c1ccc(OC)cc1.Cl. The number of carbonyl (C=O) groups is 2. The van der Waals surface area contributed by atoms with Gasteiger partial charge in [-0.15, -0.1) is 12.4 Å². The van der Waals surface area contributed by atoms with Crippen molar-refractivity contribution in [1.82, 2.24) is 4.90 Å². The van der Waals surface area contributed by atoms with Gasteiger partial charge >= 0.3 is 5.97 Å². The number of halogens is 1. The molecule has 0 atom stereocenters. The molecule has 0 spiro atoms. The van der Waals surface area contributed by atoms with Crippen LogP contribution in [-0.2, 0) is 4.74 Å². The van der Waals surface area contributed by atoms with Crippen LogP contribution in [0.15, 0.2) is 46.9 Å². The van der Waals surface area contributed by atoms with E-state index in [2.05, 4.69) is 18.7 Å². The number of benzene rings is 2. The number of hydrogen-bond acceptors (Lipinski definition) is 7. The molecule has 1 heterocycles. The number of methoxy groups -OCH3 is 2. The van der Waals surface area contributed by atoms with Crippen molar-refractivity contribution in [2.75, 3.05) is 40.5 Å². The van der Waals surface area contributed by atoms with Crippen molar-refractivity contribution in [3.05, 3.63) is 64.9 Å². The minimum Gasteiger partial charge on any atom is -0.497 e. The van der Waals surface area contributed by atoms with E-state index in [0.717, 1.165) is 30.9 Å². The van der Waals surface area contributed by atoms with Crippen molar-refractivity contribution in [2.45, 2.75) is 20.8 Å². The Balaban J connectivity index is 0.00000432. The molecule has 0 amide bonds. The summed E-state index contributed by atoms with van der Waals surface area (Å²) < 4.78 is 21.9. The first kappa shape index (κ1) is 28.0. The number of ketones is 1. The topological polar surface area (TPSA) is 78.2 Å². The highest BCUT2D eigenvalue weighted by Gasteiger charge is 2.24. The highest BCUT2D eigenvalue weighted by atomic mass is 35.5. The number of fused-ring (bicyclic) bond motifs is 1. The minimum atomic E-state index is -0.593. The largest absolute Gasteiger partial charge is 0.497 e. The molecule has 0 N–H and O–H groups in total. The number of carbonyl (C=O) groups excluding carboxylic acids is 2. The maximum atomic E-state index is 13.4. The van der Waals surface area contributed by atoms with Gasteiger partial charge in [0.25, 0.3) is 0 Å². The number of aryl methyl sites for hydroxylation is 1. The molecule has 0 radical (unpaired) electrons.